The van der Waals surface area contributed by atoms with Gasteiger partial charge in [-0.05, 0) is 31.2 Å². The van der Waals surface area contributed by atoms with E-state index in [-0.39, 0.29) is 6.03 Å². The molecule has 1 atom stereocenters. The molecule has 2 aromatic rings. The monoisotopic (exact) mass is 323 g/mol. The van der Waals surface area contributed by atoms with Gasteiger partial charge >= 0.3 is 6.03 Å². The third kappa shape index (κ3) is 3.78. The molecule has 3 rings (SSSR count). The van der Waals surface area contributed by atoms with Crippen molar-refractivity contribution < 1.29 is 4.79 Å². The van der Waals surface area contributed by atoms with Crippen molar-refractivity contribution in [3.63, 3.8) is 0 Å². The molecule has 0 aliphatic carbocycles. The number of aromatic nitrogens is 1. The van der Waals surface area contributed by atoms with Crippen LogP contribution in [0.5, 0.6) is 0 Å². The SMILES string of the molecule is Cc1ccc(NC(=O)NCCC2(c3ccccn3)N=CCN2)cc1. The molecule has 6 nitrogen and oxygen atoms in total. The summed E-state index contributed by atoms with van der Waals surface area (Å²) in [5, 5.41) is 9.06. The summed E-state index contributed by atoms with van der Waals surface area (Å²) >= 11 is 0. The normalized spacial score (nSPS) is 19.2. The maximum absolute atomic E-state index is 12.0. The van der Waals surface area contributed by atoms with E-state index in [0.29, 0.717) is 19.5 Å². The first kappa shape index (κ1) is 16.1. The first-order valence-electron chi connectivity index (χ1n) is 8.00. The van der Waals surface area contributed by atoms with Crippen LogP contribution in [0.4, 0.5) is 10.5 Å². The minimum Gasteiger partial charge on any atom is -0.338 e. The van der Waals surface area contributed by atoms with Gasteiger partial charge in [-0.25, -0.2) is 4.79 Å². The molecule has 0 fully saturated rings. The molecule has 1 aromatic heterocycles. The Morgan fingerprint density at radius 1 is 1.25 bits per heavy atom. The number of hydrogen-bond acceptors (Lipinski definition) is 4. The van der Waals surface area contributed by atoms with Crippen molar-refractivity contribution in [2.24, 2.45) is 4.99 Å². The van der Waals surface area contributed by atoms with Gasteiger partial charge < -0.3 is 10.6 Å². The zero-order chi connectivity index (χ0) is 16.8. The van der Waals surface area contributed by atoms with E-state index in [4.69, 9.17) is 0 Å². The van der Waals surface area contributed by atoms with Crippen LogP contribution in [0.3, 0.4) is 0 Å². The van der Waals surface area contributed by atoms with Gasteiger partial charge in [0.15, 0.2) is 5.66 Å². The standard InChI is InChI=1S/C18H21N5O/c1-14-5-7-15(8-6-14)23-17(24)20-11-9-18(21-12-13-22-18)16-4-2-3-10-19-16/h2-8,10,12,22H,9,11,13H2,1H3,(H2,20,23,24). The van der Waals surface area contributed by atoms with E-state index in [9.17, 15) is 4.79 Å². The Morgan fingerprint density at radius 2 is 2.08 bits per heavy atom. The molecule has 24 heavy (non-hydrogen) atoms. The van der Waals surface area contributed by atoms with E-state index in [1.54, 1.807) is 6.20 Å². The lowest BCUT2D eigenvalue weighted by atomic mass is 10.0. The highest BCUT2D eigenvalue weighted by Crippen LogP contribution is 2.26. The second kappa shape index (κ2) is 7.23. The van der Waals surface area contributed by atoms with E-state index < -0.39 is 5.66 Å². The second-order valence-corrected chi connectivity index (χ2v) is 5.76. The van der Waals surface area contributed by atoms with Crippen LogP contribution in [0.15, 0.2) is 53.7 Å². The van der Waals surface area contributed by atoms with Gasteiger partial charge in [-0.3, -0.25) is 15.3 Å². The average Bonchev–Trinajstić information content (AvgIpc) is 3.08. The fraction of sp³-hybridized carbons (Fsp3) is 0.278. The van der Waals surface area contributed by atoms with Crippen LogP contribution < -0.4 is 16.0 Å². The van der Waals surface area contributed by atoms with Crippen molar-refractivity contribution in [2.75, 3.05) is 18.4 Å². The van der Waals surface area contributed by atoms with Crippen LogP contribution in [0.25, 0.3) is 0 Å². The summed E-state index contributed by atoms with van der Waals surface area (Å²) in [6, 6.07) is 13.2. The Bertz CT molecular complexity index is 714. The zero-order valence-electron chi connectivity index (χ0n) is 13.6. The summed E-state index contributed by atoms with van der Waals surface area (Å²) in [4.78, 5) is 21.0. The molecule has 1 unspecified atom stereocenters. The van der Waals surface area contributed by atoms with E-state index in [2.05, 4.69) is 25.9 Å². The topological polar surface area (TPSA) is 78.4 Å². The fourth-order valence-electron chi connectivity index (χ4n) is 2.68. The molecular formula is C18H21N5O. The molecule has 124 valence electrons. The predicted molar refractivity (Wildman–Crippen MR) is 95.2 cm³/mol. The number of carbonyl (C=O) groups is 1. The average molecular weight is 323 g/mol. The smallest absolute Gasteiger partial charge is 0.319 e. The molecule has 3 N–H and O–H groups in total. The highest BCUT2D eigenvalue weighted by Gasteiger charge is 2.34. The Balaban J connectivity index is 1.55. The number of benzene rings is 1. The minimum atomic E-state index is -0.557. The quantitative estimate of drug-likeness (QED) is 0.791. The first-order chi connectivity index (χ1) is 11.7. The lowest BCUT2D eigenvalue weighted by Gasteiger charge is -2.26. The molecular weight excluding hydrogens is 302 g/mol. The summed E-state index contributed by atoms with van der Waals surface area (Å²) in [6.07, 6.45) is 4.23. The van der Waals surface area contributed by atoms with E-state index >= 15 is 0 Å². The highest BCUT2D eigenvalue weighted by molar-refractivity contribution is 5.89. The Labute approximate surface area is 141 Å². The van der Waals surface area contributed by atoms with Gasteiger partial charge in [-0.15, -0.1) is 0 Å². The van der Waals surface area contributed by atoms with Crippen LogP contribution in [-0.4, -0.2) is 30.3 Å². The Kier molecular flexibility index (Phi) is 4.86. The lowest BCUT2D eigenvalue weighted by Crippen LogP contribution is -2.41. The van der Waals surface area contributed by atoms with Crippen LogP contribution in [0.1, 0.15) is 17.7 Å². The van der Waals surface area contributed by atoms with Crippen LogP contribution in [0.2, 0.25) is 0 Å². The van der Waals surface area contributed by atoms with Gasteiger partial charge in [-0.2, -0.15) is 0 Å². The summed E-state index contributed by atoms with van der Waals surface area (Å²) in [6.45, 7) is 3.20. The van der Waals surface area contributed by atoms with Crippen molar-refractivity contribution in [1.82, 2.24) is 15.6 Å². The lowest BCUT2D eigenvalue weighted by molar-refractivity contribution is 0.249. The van der Waals surface area contributed by atoms with Gasteiger partial charge in [0.05, 0.1) is 5.69 Å². The summed E-state index contributed by atoms with van der Waals surface area (Å²) < 4.78 is 0. The van der Waals surface area contributed by atoms with Crippen molar-refractivity contribution >= 4 is 17.9 Å². The summed E-state index contributed by atoms with van der Waals surface area (Å²) in [7, 11) is 0. The number of carbonyl (C=O) groups excluding carboxylic acids is 1. The Hall–Kier alpha value is -2.73. The summed E-state index contributed by atoms with van der Waals surface area (Å²) in [5.74, 6) is 0. The number of amides is 2. The summed E-state index contributed by atoms with van der Waals surface area (Å²) in [5.41, 5.74) is 2.23. The molecule has 1 aliphatic heterocycles. The molecule has 2 amide bonds. The van der Waals surface area contributed by atoms with E-state index in [0.717, 1.165) is 16.9 Å². The molecule has 0 saturated carbocycles. The molecule has 0 saturated heterocycles. The number of aryl methyl sites for hydroxylation is 1. The van der Waals surface area contributed by atoms with E-state index in [1.165, 1.54) is 0 Å². The van der Waals surface area contributed by atoms with Crippen molar-refractivity contribution in [2.45, 2.75) is 19.0 Å². The van der Waals surface area contributed by atoms with Crippen molar-refractivity contribution in [3.05, 3.63) is 59.9 Å². The third-order valence-electron chi connectivity index (χ3n) is 3.97. The number of aliphatic imine (C=N–C) groups is 1. The first-order valence-corrected chi connectivity index (χ1v) is 8.00. The Morgan fingerprint density at radius 3 is 2.75 bits per heavy atom. The number of nitrogens with zero attached hydrogens (tertiary/aromatic N) is 2. The van der Waals surface area contributed by atoms with Crippen molar-refractivity contribution in [1.29, 1.82) is 0 Å². The molecule has 2 heterocycles. The molecule has 1 aromatic carbocycles. The zero-order valence-corrected chi connectivity index (χ0v) is 13.6. The number of anilines is 1. The number of rotatable bonds is 5. The molecule has 0 spiro atoms. The van der Waals surface area contributed by atoms with Crippen LogP contribution >= 0.6 is 0 Å². The second-order valence-electron chi connectivity index (χ2n) is 5.76. The van der Waals surface area contributed by atoms with Crippen molar-refractivity contribution in [3.8, 4) is 0 Å². The van der Waals surface area contributed by atoms with Gasteiger partial charge in [-0.1, -0.05) is 23.8 Å². The predicted octanol–water partition coefficient (Wildman–Crippen LogP) is 2.43. The van der Waals surface area contributed by atoms with E-state index in [1.807, 2.05) is 55.6 Å². The van der Waals surface area contributed by atoms with Gasteiger partial charge in [0.1, 0.15) is 0 Å². The maximum Gasteiger partial charge on any atom is 0.319 e. The highest BCUT2D eigenvalue weighted by atomic mass is 16.2. The van der Waals surface area contributed by atoms with Gasteiger partial charge in [0.25, 0.3) is 0 Å². The van der Waals surface area contributed by atoms with Gasteiger partial charge in [0.2, 0.25) is 0 Å². The molecule has 0 radical (unpaired) electrons. The fourth-order valence-corrected chi connectivity index (χ4v) is 2.68. The largest absolute Gasteiger partial charge is 0.338 e. The number of nitrogens with one attached hydrogen (secondary N) is 3. The number of pyridine rings is 1. The van der Waals surface area contributed by atoms with Crippen LogP contribution in [-0.2, 0) is 5.66 Å². The number of urea groups is 1. The molecule has 0 bridgehead atoms. The number of hydrogen-bond donors (Lipinski definition) is 3. The third-order valence-corrected chi connectivity index (χ3v) is 3.97. The maximum atomic E-state index is 12.0. The van der Waals surface area contributed by atoms with Crippen LogP contribution in [0, 0.1) is 6.92 Å². The van der Waals surface area contributed by atoms with Gasteiger partial charge in [0, 0.05) is 37.6 Å². The molecule has 6 heteroatoms. The minimum absolute atomic E-state index is 0.225. The molecule has 1 aliphatic rings.